The van der Waals surface area contributed by atoms with E-state index in [1.54, 1.807) is 0 Å². The van der Waals surface area contributed by atoms with Gasteiger partial charge in [0.1, 0.15) is 0 Å². The van der Waals surface area contributed by atoms with E-state index in [0.717, 1.165) is 19.4 Å². The van der Waals surface area contributed by atoms with Crippen LogP contribution >= 0.6 is 0 Å². The van der Waals surface area contributed by atoms with Crippen LogP contribution < -0.4 is 5.73 Å². The zero-order valence-electron chi connectivity index (χ0n) is 10.6. The Kier molecular flexibility index (Phi) is 5.03. The molecule has 2 N–H and O–H groups in total. The molecule has 1 saturated heterocycles. The van der Waals surface area contributed by atoms with Crippen molar-refractivity contribution in [2.24, 2.45) is 11.7 Å². The van der Waals surface area contributed by atoms with Crippen molar-refractivity contribution in [3.05, 3.63) is 0 Å². The summed E-state index contributed by atoms with van der Waals surface area (Å²) < 4.78 is 5.84. The minimum atomic E-state index is 0.303. The Labute approximate surface area is 94.0 Å². The Morgan fingerprint density at radius 3 is 2.33 bits per heavy atom. The zero-order valence-corrected chi connectivity index (χ0v) is 10.6. The molecule has 0 bridgehead atoms. The summed E-state index contributed by atoms with van der Waals surface area (Å²) in [5.41, 5.74) is 5.60. The van der Waals surface area contributed by atoms with E-state index in [1.165, 1.54) is 0 Å². The second-order valence-electron chi connectivity index (χ2n) is 5.12. The van der Waals surface area contributed by atoms with Gasteiger partial charge in [0.05, 0.1) is 12.2 Å². The Bertz CT molecular complexity index is 184. The lowest BCUT2D eigenvalue weighted by Crippen LogP contribution is -2.39. The van der Waals surface area contributed by atoms with Crippen molar-refractivity contribution in [2.45, 2.75) is 51.9 Å². The Hall–Kier alpha value is -0.120. The molecule has 1 rings (SSSR count). The second kappa shape index (κ2) is 5.83. The smallest absolute Gasteiger partial charge is 0.0707 e. The van der Waals surface area contributed by atoms with Crippen molar-refractivity contribution in [1.82, 2.24) is 4.90 Å². The summed E-state index contributed by atoms with van der Waals surface area (Å²) in [4.78, 5) is 2.40. The number of hydrogen-bond donors (Lipinski definition) is 1. The first-order chi connectivity index (χ1) is 7.04. The summed E-state index contributed by atoms with van der Waals surface area (Å²) in [6, 6.07) is 0.616. The minimum Gasteiger partial charge on any atom is -0.372 e. The fourth-order valence-electron chi connectivity index (χ4n) is 2.08. The summed E-state index contributed by atoms with van der Waals surface area (Å²) in [6.07, 6.45) is 2.99. The summed E-state index contributed by atoms with van der Waals surface area (Å²) in [5, 5.41) is 0. The molecular weight excluding hydrogens is 188 g/mol. The molecule has 15 heavy (non-hydrogen) atoms. The van der Waals surface area contributed by atoms with Gasteiger partial charge in [0.15, 0.2) is 0 Å². The maximum absolute atomic E-state index is 5.84. The van der Waals surface area contributed by atoms with Crippen LogP contribution in [0.2, 0.25) is 0 Å². The SMILES string of the molecule is CC(C)C(C)N(C)CC1CCC(CN)O1. The van der Waals surface area contributed by atoms with Gasteiger partial charge < -0.3 is 15.4 Å². The topological polar surface area (TPSA) is 38.5 Å². The van der Waals surface area contributed by atoms with Gasteiger partial charge >= 0.3 is 0 Å². The molecule has 1 fully saturated rings. The molecule has 0 saturated carbocycles. The van der Waals surface area contributed by atoms with Gasteiger partial charge in [-0.05, 0) is 32.7 Å². The van der Waals surface area contributed by atoms with Crippen LogP contribution in [0, 0.1) is 5.92 Å². The molecule has 0 aromatic rings. The highest BCUT2D eigenvalue weighted by molar-refractivity contribution is 4.78. The van der Waals surface area contributed by atoms with Gasteiger partial charge in [0, 0.05) is 19.1 Å². The third-order valence-electron chi connectivity index (χ3n) is 3.61. The van der Waals surface area contributed by atoms with Crippen molar-refractivity contribution >= 4 is 0 Å². The van der Waals surface area contributed by atoms with Gasteiger partial charge in [-0.1, -0.05) is 13.8 Å². The van der Waals surface area contributed by atoms with Crippen molar-refractivity contribution in [2.75, 3.05) is 20.1 Å². The molecule has 1 aliphatic rings. The highest BCUT2D eigenvalue weighted by Gasteiger charge is 2.26. The highest BCUT2D eigenvalue weighted by atomic mass is 16.5. The van der Waals surface area contributed by atoms with E-state index in [-0.39, 0.29) is 0 Å². The first-order valence-corrected chi connectivity index (χ1v) is 6.10. The van der Waals surface area contributed by atoms with Crippen molar-refractivity contribution in [3.8, 4) is 0 Å². The predicted molar refractivity (Wildman–Crippen MR) is 63.9 cm³/mol. The number of nitrogens with zero attached hydrogens (tertiary/aromatic N) is 1. The molecule has 1 aliphatic heterocycles. The molecule has 0 amide bonds. The maximum atomic E-state index is 5.84. The monoisotopic (exact) mass is 214 g/mol. The van der Waals surface area contributed by atoms with Crippen LogP contribution in [0.5, 0.6) is 0 Å². The van der Waals surface area contributed by atoms with Gasteiger partial charge in [-0.3, -0.25) is 0 Å². The molecular formula is C12H26N2O. The van der Waals surface area contributed by atoms with Crippen molar-refractivity contribution < 1.29 is 4.74 Å². The van der Waals surface area contributed by atoms with Gasteiger partial charge in [-0.25, -0.2) is 0 Å². The molecule has 3 heteroatoms. The zero-order chi connectivity index (χ0) is 11.4. The van der Waals surface area contributed by atoms with E-state index in [2.05, 4.69) is 32.7 Å². The lowest BCUT2D eigenvalue weighted by atomic mass is 10.0. The molecule has 90 valence electrons. The van der Waals surface area contributed by atoms with E-state index in [4.69, 9.17) is 10.5 Å². The third-order valence-corrected chi connectivity index (χ3v) is 3.61. The molecule has 3 nitrogen and oxygen atoms in total. The summed E-state index contributed by atoms with van der Waals surface area (Å²) in [7, 11) is 2.18. The molecule has 0 aliphatic carbocycles. The van der Waals surface area contributed by atoms with Gasteiger partial charge in [-0.15, -0.1) is 0 Å². The maximum Gasteiger partial charge on any atom is 0.0707 e. The van der Waals surface area contributed by atoms with Crippen LogP contribution in [0.3, 0.4) is 0 Å². The van der Waals surface area contributed by atoms with E-state index in [9.17, 15) is 0 Å². The first-order valence-electron chi connectivity index (χ1n) is 6.10. The normalized spacial score (nSPS) is 29.0. The van der Waals surface area contributed by atoms with E-state index < -0.39 is 0 Å². The molecule has 1 heterocycles. The van der Waals surface area contributed by atoms with Crippen LogP contribution in [0.25, 0.3) is 0 Å². The lowest BCUT2D eigenvalue weighted by molar-refractivity contribution is 0.0216. The van der Waals surface area contributed by atoms with E-state index in [1.807, 2.05) is 0 Å². The minimum absolute atomic E-state index is 0.303. The highest BCUT2D eigenvalue weighted by Crippen LogP contribution is 2.20. The van der Waals surface area contributed by atoms with Crippen LogP contribution in [0.1, 0.15) is 33.6 Å². The average Bonchev–Trinajstić information content (AvgIpc) is 2.64. The van der Waals surface area contributed by atoms with Gasteiger partial charge in [-0.2, -0.15) is 0 Å². The molecule has 0 spiro atoms. The summed E-state index contributed by atoms with van der Waals surface area (Å²) >= 11 is 0. The molecule has 3 atom stereocenters. The quantitative estimate of drug-likeness (QED) is 0.753. The molecule has 0 aromatic carbocycles. The Morgan fingerprint density at radius 1 is 1.27 bits per heavy atom. The van der Waals surface area contributed by atoms with Crippen LogP contribution in [-0.4, -0.2) is 43.3 Å². The number of nitrogens with two attached hydrogens (primary N) is 1. The fourth-order valence-corrected chi connectivity index (χ4v) is 2.08. The van der Waals surface area contributed by atoms with E-state index >= 15 is 0 Å². The fraction of sp³-hybridized carbons (Fsp3) is 1.00. The molecule has 0 aromatic heterocycles. The molecule has 0 radical (unpaired) electrons. The van der Waals surface area contributed by atoms with Crippen molar-refractivity contribution in [1.29, 1.82) is 0 Å². The van der Waals surface area contributed by atoms with Crippen molar-refractivity contribution in [3.63, 3.8) is 0 Å². The van der Waals surface area contributed by atoms with Gasteiger partial charge in [0.2, 0.25) is 0 Å². The van der Waals surface area contributed by atoms with Crippen LogP contribution in [0.15, 0.2) is 0 Å². The number of ether oxygens (including phenoxy) is 1. The second-order valence-corrected chi connectivity index (χ2v) is 5.12. The van der Waals surface area contributed by atoms with E-state index in [0.29, 0.717) is 30.7 Å². The van der Waals surface area contributed by atoms with Crippen LogP contribution in [-0.2, 0) is 4.74 Å². The largest absolute Gasteiger partial charge is 0.372 e. The first kappa shape index (κ1) is 12.9. The number of likely N-dealkylation sites (N-methyl/N-ethyl adjacent to an activating group) is 1. The predicted octanol–water partition coefficient (Wildman–Crippen LogP) is 1.47. The molecule has 3 unspecified atom stereocenters. The van der Waals surface area contributed by atoms with Gasteiger partial charge in [0.25, 0.3) is 0 Å². The summed E-state index contributed by atoms with van der Waals surface area (Å²) in [5.74, 6) is 0.696. The Balaban J connectivity index is 2.30. The number of hydrogen-bond acceptors (Lipinski definition) is 3. The van der Waals surface area contributed by atoms with Crippen LogP contribution in [0.4, 0.5) is 0 Å². The third kappa shape index (κ3) is 3.74. The average molecular weight is 214 g/mol. The standard InChI is InChI=1S/C12H26N2O/c1-9(2)10(3)14(4)8-12-6-5-11(7-13)15-12/h9-12H,5-8,13H2,1-4H3. The Morgan fingerprint density at radius 2 is 1.87 bits per heavy atom. The number of rotatable bonds is 5. The lowest BCUT2D eigenvalue weighted by Gasteiger charge is -2.30. The summed E-state index contributed by atoms with van der Waals surface area (Å²) in [6.45, 7) is 8.51.